The van der Waals surface area contributed by atoms with Crippen LogP contribution in [-0.2, 0) is 22.1 Å². The molecule has 0 atom stereocenters. The van der Waals surface area contributed by atoms with Crippen molar-refractivity contribution in [1.82, 2.24) is 19.5 Å². The van der Waals surface area contributed by atoms with E-state index in [2.05, 4.69) is 15.0 Å². The second kappa shape index (κ2) is 9.54. The van der Waals surface area contributed by atoms with E-state index in [1.54, 1.807) is 12.4 Å². The third kappa shape index (κ3) is 5.55. The Morgan fingerprint density at radius 2 is 1.97 bits per heavy atom. The fraction of sp³-hybridized carbons (Fsp3) is 0.455. The second-order valence-corrected chi connectivity index (χ2v) is 8.60. The van der Waals surface area contributed by atoms with Crippen LogP contribution in [0.3, 0.4) is 0 Å². The molecule has 2 N–H and O–H groups in total. The molecule has 0 radical (unpaired) electrons. The number of rotatable bonds is 6. The second-order valence-electron chi connectivity index (χ2n) is 8.26. The fourth-order valence-corrected chi connectivity index (χ4v) is 4.37. The van der Waals surface area contributed by atoms with E-state index in [9.17, 15) is 18.0 Å². The summed E-state index contributed by atoms with van der Waals surface area (Å²) < 4.78 is 45.8. The summed E-state index contributed by atoms with van der Waals surface area (Å²) in [5, 5.41) is 0.0764. The Morgan fingerprint density at radius 1 is 1.21 bits per heavy atom. The maximum atomic E-state index is 12.8. The molecule has 1 aromatic carbocycles. The number of benzene rings is 1. The number of carbonyl (C=O) groups is 1. The van der Waals surface area contributed by atoms with Crippen molar-refractivity contribution in [1.29, 1.82) is 0 Å². The van der Waals surface area contributed by atoms with Crippen molar-refractivity contribution in [3.8, 4) is 0 Å². The Morgan fingerprint density at radius 3 is 2.70 bits per heavy atom. The Labute approximate surface area is 193 Å². The van der Waals surface area contributed by atoms with Crippen molar-refractivity contribution >= 4 is 34.6 Å². The van der Waals surface area contributed by atoms with Gasteiger partial charge >= 0.3 is 12.1 Å². The van der Waals surface area contributed by atoms with Gasteiger partial charge < -0.3 is 15.0 Å². The molecule has 33 heavy (non-hydrogen) atoms. The molecule has 1 saturated carbocycles. The first kappa shape index (κ1) is 23.3. The molecule has 0 saturated heterocycles. The normalized spacial score (nSPS) is 19.0. The van der Waals surface area contributed by atoms with Crippen LogP contribution in [0.2, 0.25) is 5.28 Å². The molecule has 0 spiro atoms. The Kier molecular flexibility index (Phi) is 6.73. The summed E-state index contributed by atoms with van der Waals surface area (Å²) in [7, 11) is 0. The predicted octanol–water partition coefficient (Wildman–Crippen LogP) is 4.99. The smallest absolute Gasteiger partial charge is 0.416 e. The molecule has 3 aromatic rings. The SMILES string of the molecule is Nc1nc(Cl)nc2c1ncn2C1CCC(COC(=O)CCc2cccc(C(F)(F)F)c2)CC1. The van der Waals surface area contributed by atoms with Gasteiger partial charge in [0.05, 0.1) is 18.5 Å². The maximum Gasteiger partial charge on any atom is 0.416 e. The van der Waals surface area contributed by atoms with E-state index in [0.29, 0.717) is 23.3 Å². The molecule has 1 fully saturated rings. The molecule has 11 heteroatoms. The van der Waals surface area contributed by atoms with Crippen LogP contribution in [0.15, 0.2) is 30.6 Å². The number of carbonyl (C=O) groups excluding carboxylic acids is 1. The Hall–Kier alpha value is -2.88. The van der Waals surface area contributed by atoms with E-state index >= 15 is 0 Å². The highest BCUT2D eigenvalue weighted by molar-refractivity contribution is 6.28. The number of alkyl halides is 3. The standard InChI is InChI=1S/C22H23ClF3N5O2/c23-21-29-19(27)18-20(30-21)31(12-28-18)16-7-4-14(5-8-16)11-33-17(32)9-6-13-2-1-3-15(10-13)22(24,25)26/h1-3,10,12,14,16H,4-9,11H2,(H2,27,29,30). The minimum Gasteiger partial charge on any atom is -0.465 e. The van der Waals surface area contributed by atoms with Gasteiger partial charge in [-0.15, -0.1) is 0 Å². The van der Waals surface area contributed by atoms with E-state index in [1.807, 2.05) is 4.57 Å². The summed E-state index contributed by atoms with van der Waals surface area (Å²) in [5.74, 6) is 0.0725. The third-order valence-electron chi connectivity index (χ3n) is 5.98. The summed E-state index contributed by atoms with van der Waals surface area (Å²) in [5.41, 5.74) is 6.74. The molecule has 1 aliphatic rings. The van der Waals surface area contributed by atoms with E-state index < -0.39 is 17.7 Å². The number of nitrogen functional groups attached to an aromatic ring is 1. The largest absolute Gasteiger partial charge is 0.465 e. The first-order chi connectivity index (χ1) is 15.7. The molecule has 0 aliphatic heterocycles. The van der Waals surface area contributed by atoms with Gasteiger partial charge in [-0.2, -0.15) is 23.1 Å². The van der Waals surface area contributed by atoms with Crippen LogP contribution in [-0.4, -0.2) is 32.1 Å². The number of nitrogens with zero attached hydrogens (tertiary/aromatic N) is 4. The lowest BCUT2D eigenvalue weighted by Gasteiger charge is -2.29. The summed E-state index contributed by atoms with van der Waals surface area (Å²) in [6.45, 7) is 0.305. The molecule has 4 rings (SSSR count). The van der Waals surface area contributed by atoms with Crippen LogP contribution in [0.1, 0.15) is 49.3 Å². The van der Waals surface area contributed by atoms with Gasteiger partial charge in [-0.25, -0.2) is 4.98 Å². The minimum atomic E-state index is -4.40. The highest BCUT2D eigenvalue weighted by Gasteiger charge is 2.30. The van der Waals surface area contributed by atoms with Gasteiger partial charge in [-0.1, -0.05) is 18.2 Å². The Bertz CT molecular complexity index is 1140. The van der Waals surface area contributed by atoms with Crippen molar-refractivity contribution in [3.63, 3.8) is 0 Å². The van der Waals surface area contributed by atoms with Gasteiger partial charge in [0.2, 0.25) is 5.28 Å². The zero-order valence-corrected chi connectivity index (χ0v) is 18.4. The molecular formula is C22H23ClF3N5O2. The topological polar surface area (TPSA) is 95.9 Å². The van der Waals surface area contributed by atoms with Crippen LogP contribution in [0.25, 0.3) is 11.2 Å². The quantitative estimate of drug-likeness (QED) is 0.393. The highest BCUT2D eigenvalue weighted by atomic mass is 35.5. The van der Waals surface area contributed by atoms with Gasteiger partial charge in [0.1, 0.15) is 5.52 Å². The summed E-state index contributed by atoms with van der Waals surface area (Å²) in [6, 6.07) is 5.20. The van der Waals surface area contributed by atoms with E-state index in [1.165, 1.54) is 6.07 Å². The third-order valence-corrected chi connectivity index (χ3v) is 6.15. The van der Waals surface area contributed by atoms with Crippen molar-refractivity contribution in [2.75, 3.05) is 12.3 Å². The van der Waals surface area contributed by atoms with Gasteiger partial charge in [-0.3, -0.25) is 4.79 Å². The first-order valence-electron chi connectivity index (χ1n) is 10.7. The van der Waals surface area contributed by atoms with Gasteiger partial charge in [0, 0.05) is 12.5 Å². The summed E-state index contributed by atoms with van der Waals surface area (Å²) >= 11 is 5.94. The van der Waals surface area contributed by atoms with Gasteiger partial charge in [0.25, 0.3) is 0 Å². The van der Waals surface area contributed by atoms with Crippen LogP contribution in [0.4, 0.5) is 19.0 Å². The molecule has 0 bridgehead atoms. The molecule has 1 aliphatic carbocycles. The number of ether oxygens (including phenoxy) is 1. The number of nitrogens with two attached hydrogens (primary N) is 1. The maximum absolute atomic E-state index is 12.8. The fourth-order valence-electron chi connectivity index (χ4n) is 4.20. The van der Waals surface area contributed by atoms with Crippen molar-refractivity contribution in [2.24, 2.45) is 5.92 Å². The highest BCUT2D eigenvalue weighted by Crippen LogP contribution is 2.35. The first-order valence-corrected chi connectivity index (χ1v) is 11.1. The van der Waals surface area contributed by atoms with E-state index in [-0.39, 0.29) is 35.9 Å². The number of hydrogen-bond donors (Lipinski definition) is 1. The molecule has 0 amide bonds. The number of esters is 1. The van der Waals surface area contributed by atoms with E-state index in [0.717, 1.165) is 37.8 Å². The van der Waals surface area contributed by atoms with Crippen molar-refractivity contribution < 1.29 is 22.7 Å². The number of aryl methyl sites for hydroxylation is 1. The van der Waals surface area contributed by atoms with Crippen LogP contribution >= 0.6 is 11.6 Å². The molecule has 2 aromatic heterocycles. The van der Waals surface area contributed by atoms with E-state index in [4.69, 9.17) is 22.1 Å². The zero-order chi connectivity index (χ0) is 23.6. The molecule has 2 heterocycles. The van der Waals surface area contributed by atoms with Crippen molar-refractivity contribution in [2.45, 2.75) is 50.7 Å². The lowest BCUT2D eigenvalue weighted by atomic mass is 9.86. The molecular weight excluding hydrogens is 459 g/mol. The summed E-state index contributed by atoms with van der Waals surface area (Å²) in [6.07, 6.45) is 0.989. The van der Waals surface area contributed by atoms with Gasteiger partial charge in [-0.05, 0) is 61.3 Å². The molecule has 7 nitrogen and oxygen atoms in total. The number of imidazole rings is 1. The van der Waals surface area contributed by atoms with Crippen LogP contribution < -0.4 is 5.73 Å². The number of fused-ring (bicyclic) bond motifs is 1. The average molecular weight is 482 g/mol. The average Bonchev–Trinajstić information content (AvgIpc) is 3.20. The number of aromatic nitrogens is 4. The lowest BCUT2D eigenvalue weighted by Crippen LogP contribution is -2.22. The molecule has 0 unspecified atom stereocenters. The Balaban J connectivity index is 1.24. The number of anilines is 1. The number of halogens is 4. The zero-order valence-electron chi connectivity index (χ0n) is 17.7. The monoisotopic (exact) mass is 481 g/mol. The van der Waals surface area contributed by atoms with Crippen molar-refractivity contribution in [3.05, 3.63) is 47.0 Å². The lowest BCUT2D eigenvalue weighted by molar-refractivity contribution is -0.145. The van der Waals surface area contributed by atoms with Crippen LogP contribution in [0, 0.1) is 5.92 Å². The summed E-state index contributed by atoms with van der Waals surface area (Å²) in [4.78, 5) is 24.6. The number of hydrogen-bond acceptors (Lipinski definition) is 6. The van der Waals surface area contributed by atoms with Gasteiger partial charge in [0.15, 0.2) is 11.5 Å². The minimum absolute atomic E-state index is 0.0412. The molecule has 176 valence electrons. The predicted molar refractivity (Wildman–Crippen MR) is 116 cm³/mol. The van der Waals surface area contributed by atoms with Crippen LogP contribution in [0.5, 0.6) is 0 Å².